The van der Waals surface area contributed by atoms with Crippen molar-refractivity contribution in [1.29, 1.82) is 0 Å². The van der Waals surface area contributed by atoms with Crippen molar-refractivity contribution in [3.05, 3.63) is 0 Å². The summed E-state index contributed by atoms with van der Waals surface area (Å²) in [5.74, 6) is 0.470. The molecule has 0 saturated carbocycles. The molecule has 0 aromatic carbocycles. The van der Waals surface area contributed by atoms with Gasteiger partial charge in [-0.15, -0.1) is 6.42 Å². The van der Waals surface area contributed by atoms with Crippen molar-refractivity contribution < 1.29 is 14.3 Å². The summed E-state index contributed by atoms with van der Waals surface area (Å²) in [6.07, 6.45) is 4.56. The first-order valence-electron chi connectivity index (χ1n) is 2.27. The minimum atomic E-state index is -0.882. The summed E-state index contributed by atoms with van der Waals surface area (Å²) in [6.45, 7) is 0. The molecule has 0 spiro atoms. The molecule has 0 fully saturated rings. The number of hydrogen-bond acceptors (Lipinski definition) is 3. The molecule has 0 heterocycles. The number of rotatable bonds is 2. The van der Waals surface area contributed by atoms with Crippen LogP contribution < -0.4 is 0 Å². The zero-order chi connectivity index (χ0) is 7.28. The lowest BCUT2D eigenvalue weighted by Crippen LogP contribution is -2.13. The Labute approximate surface area is 53.0 Å². The lowest BCUT2D eigenvalue weighted by Gasteiger charge is -1.90. The number of carbonyl (C=O) groups is 2. The average molecular weight is 126 g/mol. The fourth-order valence-corrected chi connectivity index (χ4v) is 0.279. The van der Waals surface area contributed by atoms with Gasteiger partial charge in [0.15, 0.2) is 0 Å². The summed E-state index contributed by atoms with van der Waals surface area (Å²) >= 11 is 0. The second kappa shape index (κ2) is 3.67. The Morgan fingerprint density at radius 2 is 2.22 bits per heavy atom. The summed E-state index contributed by atoms with van der Waals surface area (Å²) in [6, 6.07) is 0. The molecule has 0 aromatic rings. The number of ether oxygens (including phenoxy) is 1. The highest BCUT2D eigenvalue weighted by molar-refractivity contribution is 6.34. The fraction of sp³-hybridized carbons (Fsp3) is 0.333. The van der Waals surface area contributed by atoms with E-state index in [4.69, 9.17) is 6.42 Å². The quantitative estimate of drug-likeness (QED) is 0.291. The van der Waals surface area contributed by atoms with Crippen LogP contribution in [0.25, 0.3) is 0 Å². The number of carbonyl (C=O) groups excluding carboxylic acids is 2. The molecule has 0 N–H and O–H groups in total. The van der Waals surface area contributed by atoms with E-state index >= 15 is 0 Å². The molecule has 3 nitrogen and oxygen atoms in total. The predicted molar refractivity (Wildman–Crippen MR) is 30.5 cm³/mol. The SMILES string of the molecule is C#CCC(=O)C(=O)OC. The summed E-state index contributed by atoms with van der Waals surface area (Å²) in [7, 11) is 1.14. The van der Waals surface area contributed by atoms with Crippen molar-refractivity contribution in [1.82, 2.24) is 0 Å². The molecule has 0 amide bonds. The third kappa shape index (κ3) is 2.50. The number of methoxy groups -OCH3 is 1. The topological polar surface area (TPSA) is 43.4 Å². The molecule has 0 rings (SSSR count). The molecule has 3 heteroatoms. The van der Waals surface area contributed by atoms with Crippen molar-refractivity contribution in [2.75, 3.05) is 7.11 Å². The molecule has 0 aliphatic heterocycles. The second-order valence-corrected chi connectivity index (χ2v) is 1.30. The van der Waals surface area contributed by atoms with Crippen LogP contribution in [0.2, 0.25) is 0 Å². The number of esters is 1. The molecule has 0 aliphatic rings. The van der Waals surface area contributed by atoms with Gasteiger partial charge in [-0.05, 0) is 0 Å². The summed E-state index contributed by atoms with van der Waals surface area (Å²) in [5.41, 5.74) is 0. The van der Waals surface area contributed by atoms with Gasteiger partial charge in [0.25, 0.3) is 5.78 Å². The maximum absolute atomic E-state index is 10.4. The Morgan fingerprint density at radius 3 is 2.56 bits per heavy atom. The maximum Gasteiger partial charge on any atom is 0.375 e. The molecule has 0 radical (unpaired) electrons. The van der Waals surface area contributed by atoms with Crippen molar-refractivity contribution in [2.24, 2.45) is 0 Å². The Morgan fingerprint density at radius 1 is 1.67 bits per heavy atom. The molecule has 0 aliphatic carbocycles. The predicted octanol–water partition coefficient (Wildman–Crippen LogP) is -0.248. The van der Waals surface area contributed by atoms with Gasteiger partial charge >= 0.3 is 5.97 Å². The van der Waals surface area contributed by atoms with E-state index in [1.54, 1.807) is 0 Å². The highest BCUT2D eigenvalue weighted by Crippen LogP contribution is 1.82. The highest BCUT2D eigenvalue weighted by Gasteiger charge is 2.10. The van der Waals surface area contributed by atoms with Crippen molar-refractivity contribution >= 4 is 11.8 Å². The summed E-state index contributed by atoms with van der Waals surface area (Å²) < 4.78 is 4.08. The van der Waals surface area contributed by atoms with Crippen LogP contribution in [-0.2, 0) is 14.3 Å². The first-order chi connectivity index (χ1) is 4.22. The lowest BCUT2D eigenvalue weighted by molar-refractivity contribution is -0.151. The van der Waals surface area contributed by atoms with Gasteiger partial charge in [-0.25, -0.2) is 4.79 Å². The average Bonchev–Trinajstić information content (AvgIpc) is 1.87. The van der Waals surface area contributed by atoms with Crippen LogP contribution >= 0.6 is 0 Å². The normalized spacial score (nSPS) is 7.56. The molecule has 48 valence electrons. The van der Waals surface area contributed by atoms with Crippen LogP contribution in [0.3, 0.4) is 0 Å². The fourth-order valence-electron chi connectivity index (χ4n) is 0.279. The zero-order valence-corrected chi connectivity index (χ0v) is 5.01. The van der Waals surface area contributed by atoms with Gasteiger partial charge in [0.1, 0.15) is 0 Å². The largest absolute Gasteiger partial charge is 0.463 e. The van der Waals surface area contributed by atoms with Gasteiger partial charge in [-0.1, -0.05) is 5.92 Å². The van der Waals surface area contributed by atoms with Gasteiger partial charge < -0.3 is 4.74 Å². The molecule has 0 bridgehead atoms. The lowest BCUT2D eigenvalue weighted by atomic mass is 10.3. The van der Waals surface area contributed by atoms with Crippen LogP contribution in [0.15, 0.2) is 0 Å². The van der Waals surface area contributed by atoms with Gasteiger partial charge in [-0.2, -0.15) is 0 Å². The maximum atomic E-state index is 10.4. The number of hydrogen-bond donors (Lipinski definition) is 0. The van der Waals surface area contributed by atoms with Crippen molar-refractivity contribution in [3.8, 4) is 12.3 Å². The Hall–Kier alpha value is -1.30. The third-order valence-electron chi connectivity index (χ3n) is 0.676. The van der Waals surface area contributed by atoms with Crippen LogP contribution in [0.5, 0.6) is 0 Å². The molecule has 0 atom stereocenters. The van der Waals surface area contributed by atoms with Gasteiger partial charge in [0.2, 0.25) is 0 Å². The molecule has 9 heavy (non-hydrogen) atoms. The molecule has 0 unspecified atom stereocenters. The van der Waals surface area contributed by atoms with E-state index < -0.39 is 11.8 Å². The third-order valence-corrected chi connectivity index (χ3v) is 0.676. The van der Waals surface area contributed by atoms with E-state index in [9.17, 15) is 9.59 Å². The highest BCUT2D eigenvalue weighted by atomic mass is 16.5. The number of Topliss-reactive ketones (excluding diaryl/α,β-unsaturated/α-hetero) is 1. The van der Waals surface area contributed by atoms with E-state index in [0.29, 0.717) is 0 Å². The molecular weight excluding hydrogens is 120 g/mol. The van der Waals surface area contributed by atoms with Crippen LogP contribution in [0.1, 0.15) is 6.42 Å². The van der Waals surface area contributed by atoms with Crippen molar-refractivity contribution in [2.45, 2.75) is 6.42 Å². The Kier molecular flexibility index (Phi) is 3.14. The first-order valence-corrected chi connectivity index (χ1v) is 2.27. The van der Waals surface area contributed by atoms with E-state index in [-0.39, 0.29) is 6.42 Å². The standard InChI is InChI=1S/C6H6O3/c1-3-4-5(7)6(8)9-2/h1H,4H2,2H3. The van der Waals surface area contributed by atoms with Crippen LogP contribution in [0, 0.1) is 12.3 Å². The molecule has 0 saturated heterocycles. The molecule has 0 aromatic heterocycles. The Balaban J connectivity index is 3.77. The first kappa shape index (κ1) is 7.70. The minimum Gasteiger partial charge on any atom is -0.463 e. The van der Waals surface area contributed by atoms with E-state index in [1.165, 1.54) is 0 Å². The van der Waals surface area contributed by atoms with E-state index in [2.05, 4.69) is 4.74 Å². The summed E-state index contributed by atoms with van der Waals surface area (Å²) in [4.78, 5) is 20.6. The second-order valence-electron chi connectivity index (χ2n) is 1.30. The van der Waals surface area contributed by atoms with Crippen molar-refractivity contribution in [3.63, 3.8) is 0 Å². The van der Waals surface area contributed by atoms with Gasteiger partial charge in [-0.3, -0.25) is 4.79 Å². The molecular formula is C6H6O3. The van der Waals surface area contributed by atoms with Crippen LogP contribution in [0.4, 0.5) is 0 Å². The monoisotopic (exact) mass is 126 g/mol. The zero-order valence-electron chi connectivity index (χ0n) is 5.01. The summed E-state index contributed by atoms with van der Waals surface area (Å²) in [5, 5.41) is 0. The minimum absolute atomic E-state index is 0.188. The van der Waals surface area contributed by atoms with Gasteiger partial charge in [0.05, 0.1) is 13.5 Å². The van der Waals surface area contributed by atoms with E-state index in [0.717, 1.165) is 7.11 Å². The van der Waals surface area contributed by atoms with Gasteiger partial charge in [0, 0.05) is 0 Å². The van der Waals surface area contributed by atoms with E-state index in [1.807, 2.05) is 5.92 Å². The van der Waals surface area contributed by atoms with Crippen LogP contribution in [-0.4, -0.2) is 18.9 Å². The number of ketones is 1. The number of terminal acetylenes is 1. The smallest absolute Gasteiger partial charge is 0.375 e. The Bertz CT molecular complexity index is 164.